The van der Waals surface area contributed by atoms with Crippen molar-refractivity contribution in [1.29, 1.82) is 0 Å². The van der Waals surface area contributed by atoms with Crippen molar-refractivity contribution in [2.24, 2.45) is 0 Å². The van der Waals surface area contributed by atoms with Crippen molar-refractivity contribution in [1.82, 2.24) is 0 Å². The van der Waals surface area contributed by atoms with E-state index in [1.54, 1.807) is 12.1 Å². The Bertz CT molecular complexity index is 325. The first-order valence-corrected chi connectivity index (χ1v) is 4.52. The molecule has 0 heterocycles. The summed E-state index contributed by atoms with van der Waals surface area (Å²) in [5.41, 5.74) is 0.458. The molecule has 77 valence electrons. The second-order valence-electron chi connectivity index (χ2n) is 2.82. The van der Waals surface area contributed by atoms with Crippen molar-refractivity contribution < 1.29 is 14.9 Å². The number of methoxy groups -OCH3 is 1. The topological polar surface area (TPSA) is 49.7 Å². The number of hydrogen-bond donors (Lipinski definition) is 2. The van der Waals surface area contributed by atoms with Gasteiger partial charge in [0, 0.05) is 5.56 Å². The van der Waals surface area contributed by atoms with Crippen molar-refractivity contribution in [3.05, 3.63) is 29.6 Å². The molecule has 0 aliphatic rings. The first-order valence-electron chi connectivity index (χ1n) is 4.14. The van der Waals surface area contributed by atoms with Gasteiger partial charge in [-0.05, 0) is 12.5 Å². The predicted octanol–water partition coefficient (Wildman–Crippen LogP) is 2.31. The van der Waals surface area contributed by atoms with Crippen molar-refractivity contribution in [2.75, 3.05) is 7.11 Å². The van der Waals surface area contributed by atoms with E-state index in [-0.39, 0.29) is 16.5 Å². The number of aromatic hydroxyl groups is 1. The molecule has 0 amide bonds. The van der Waals surface area contributed by atoms with Crippen LogP contribution in [0.2, 0.25) is 5.02 Å². The number of ether oxygens (including phenoxy) is 1. The van der Waals surface area contributed by atoms with Gasteiger partial charge < -0.3 is 14.9 Å². The van der Waals surface area contributed by atoms with E-state index < -0.39 is 6.10 Å². The lowest BCUT2D eigenvalue weighted by atomic mass is 10.1. The highest BCUT2D eigenvalue weighted by molar-refractivity contribution is 6.33. The Kier molecular flexibility index (Phi) is 3.61. The fourth-order valence-corrected chi connectivity index (χ4v) is 1.42. The monoisotopic (exact) mass is 215 g/mol. The summed E-state index contributed by atoms with van der Waals surface area (Å²) in [7, 11) is 1.43. The fraction of sp³-hybridized carbons (Fsp3) is 0.300. The Hall–Kier alpha value is -0.930. The van der Waals surface area contributed by atoms with Gasteiger partial charge in [-0.15, -0.1) is 0 Å². The quantitative estimate of drug-likeness (QED) is 0.814. The minimum absolute atomic E-state index is 0.112. The zero-order valence-corrected chi connectivity index (χ0v) is 8.58. The van der Waals surface area contributed by atoms with Crippen molar-refractivity contribution in [2.45, 2.75) is 12.5 Å². The molecule has 4 heteroatoms. The van der Waals surface area contributed by atoms with Crippen molar-refractivity contribution in [3.8, 4) is 11.5 Å². The molecule has 2 N–H and O–H groups in total. The third kappa shape index (κ3) is 1.94. The maximum atomic E-state index is 9.53. The van der Waals surface area contributed by atoms with E-state index in [0.29, 0.717) is 12.0 Å². The molecule has 0 aliphatic carbocycles. The molecule has 0 saturated heterocycles. The number of halogens is 1. The van der Waals surface area contributed by atoms with Gasteiger partial charge in [0.1, 0.15) is 0 Å². The van der Waals surface area contributed by atoms with Gasteiger partial charge in [0.2, 0.25) is 0 Å². The summed E-state index contributed by atoms with van der Waals surface area (Å²) in [6.45, 7) is 3.55. The first-order chi connectivity index (χ1) is 6.61. The molecular formula is C10H12ClO3. The van der Waals surface area contributed by atoms with Crippen LogP contribution in [0.1, 0.15) is 18.1 Å². The smallest absolute Gasteiger partial charge is 0.177 e. The van der Waals surface area contributed by atoms with E-state index in [4.69, 9.17) is 16.3 Å². The number of aliphatic hydroxyl groups excluding tert-OH is 1. The third-order valence-electron chi connectivity index (χ3n) is 1.96. The molecule has 1 rings (SSSR count). The second-order valence-corrected chi connectivity index (χ2v) is 3.20. The normalized spacial score (nSPS) is 12.6. The van der Waals surface area contributed by atoms with Crippen molar-refractivity contribution in [3.63, 3.8) is 0 Å². The highest BCUT2D eigenvalue weighted by Gasteiger charge is 2.15. The Morgan fingerprint density at radius 3 is 2.71 bits per heavy atom. The van der Waals surface area contributed by atoms with Crippen LogP contribution < -0.4 is 4.74 Å². The molecule has 1 atom stereocenters. The molecule has 0 bridgehead atoms. The molecule has 0 spiro atoms. The SMILES string of the molecule is [CH2]CC(O)c1ccc(OC)c(O)c1Cl. The third-order valence-corrected chi connectivity index (χ3v) is 2.36. The maximum Gasteiger partial charge on any atom is 0.177 e. The molecule has 1 aromatic carbocycles. The summed E-state index contributed by atoms with van der Waals surface area (Å²) in [6.07, 6.45) is -0.467. The van der Waals surface area contributed by atoms with Gasteiger partial charge in [-0.1, -0.05) is 24.6 Å². The summed E-state index contributed by atoms with van der Waals surface area (Å²) in [6, 6.07) is 3.16. The summed E-state index contributed by atoms with van der Waals surface area (Å²) < 4.78 is 4.86. The summed E-state index contributed by atoms with van der Waals surface area (Å²) in [4.78, 5) is 0. The Labute approximate surface area is 87.9 Å². The van der Waals surface area contributed by atoms with E-state index in [9.17, 15) is 10.2 Å². The van der Waals surface area contributed by atoms with Crippen LogP contribution in [0.15, 0.2) is 12.1 Å². The van der Waals surface area contributed by atoms with Crippen LogP contribution in [0.4, 0.5) is 0 Å². The van der Waals surface area contributed by atoms with Gasteiger partial charge in [0.25, 0.3) is 0 Å². The minimum atomic E-state index is -0.765. The summed E-state index contributed by atoms with van der Waals surface area (Å²) in [5, 5.41) is 19.1. The van der Waals surface area contributed by atoms with Crippen LogP contribution in [-0.4, -0.2) is 17.3 Å². The zero-order chi connectivity index (χ0) is 10.7. The van der Waals surface area contributed by atoms with Crippen LogP contribution in [-0.2, 0) is 0 Å². The molecule has 3 nitrogen and oxygen atoms in total. The predicted molar refractivity (Wildman–Crippen MR) is 54.6 cm³/mol. The number of benzene rings is 1. The van der Waals surface area contributed by atoms with Crippen LogP contribution in [0.5, 0.6) is 11.5 Å². The molecule has 1 radical (unpaired) electrons. The maximum absolute atomic E-state index is 9.53. The zero-order valence-electron chi connectivity index (χ0n) is 7.83. The van der Waals surface area contributed by atoms with E-state index in [2.05, 4.69) is 6.92 Å². The van der Waals surface area contributed by atoms with Gasteiger partial charge >= 0.3 is 0 Å². The van der Waals surface area contributed by atoms with Gasteiger partial charge in [-0.25, -0.2) is 0 Å². The Morgan fingerprint density at radius 1 is 1.57 bits per heavy atom. The average Bonchev–Trinajstić information content (AvgIpc) is 2.21. The highest BCUT2D eigenvalue weighted by Crippen LogP contribution is 2.39. The van der Waals surface area contributed by atoms with Crippen LogP contribution in [0, 0.1) is 6.92 Å². The number of rotatable bonds is 3. The number of phenols is 1. The fourth-order valence-electron chi connectivity index (χ4n) is 1.14. The molecule has 1 unspecified atom stereocenters. The van der Waals surface area contributed by atoms with Gasteiger partial charge in [-0.2, -0.15) is 0 Å². The molecule has 0 aromatic heterocycles. The van der Waals surface area contributed by atoms with Crippen LogP contribution >= 0.6 is 11.6 Å². The average molecular weight is 216 g/mol. The number of hydrogen-bond acceptors (Lipinski definition) is 3. The largest absolute Gasteiger partial charge is 0.503 e. The lowest BCUT2D eigenvalue weighted by Crippen LogP contribution is -1.97. The number of phenolic OH excluding ortho intramolecular Hbond substituents is 1. The standard InChI is InChI=1S/C10H12ClO3/c1-3-7(12)6-4-5-8(14-2)10(13)9(6)11/h4-5,7,12-13H,1,3H2,2H3. The van der Waals surface area contributed by atoms with Gasteiger partial charge in [0.05, 0.1) is 18.2 Å². The molecule has 14 heavy (non-hydrogen) atoms. The second kappa shape index (κ2) is 4.53. The van der Waals surface area contributed by atoms with E-state index >= 15 is 0 Å². The molecule has 0 fully saturated rings. The van der Waals surface area contributed by atoms with Crippen molar-refractivity contribution >= 4 is 11.6 Å². The Morgan fingerprint density at radius 2 is 2.21 bits per heavy atom. The van der Waals surface area contributed by atoms with Crippen LogP contribution in [0.3, 0.4) is 0 Å². The van der Waals surface area contributed by atoms with Gasteiger partial charge in [0.15, 0.2) is 11.5 Å². The molecular weight excluding hydrogens is 204 g/mol. The highest BCUT2D eigenvalue weighted by atomic mass is 35.5. The minimum Gasteiger partial charge on any atom is -0.503 e. The molecule has 0 aliphatic heterocycles. The summed E-state index contributed by atoms with van der Waals surface area (Å²) in [5.74, 6) is 0.133. The van der Waals surface area contributed by atoms with Gasteiger partial charge in [-0.3, -0.25) is 0 Å². The lowest BCUT2D eigenvalue weighted by molar-refractivity contribution is 0.180. The molecule has 0 saturated carbocycles. The Balaban J connectivity index is 3.17. The van der Waals surface area contributed by atoms with E-state index in [1.165, 1.54) is 7.11 Å². The van der Waals surface area contributed by atoms with Crippen LogP contribution in [0.25, 0.3) is 0 Å². The number of aliphatic hydroxyl groups is 1. The first kappa shape index (κ1) is 11.1. The summed E-state index contributed by atoms with van der Waals surface area (Å²) >= 11 is 5.83. The van der Waals surface area contributed by atoms with E-state index in [0.717, 1.165) is 0 Å². The lowest BCUT2D eigenvalue weighted by Gasteiger charge is -2.13. The molecule has 1 aromatic rings. The van der Waals surface area contributed by atoms with E-state index in [1.807, 2.05) is 0 Å².